The Balaban J connectivity index is 1.24. The Bertz CT molecular complexity index is 1220. The van der Waals surface area contributed by atoms with E-state index >= 15 is 0 Å². The van der Waals surface area contributed by atoms with Crippen molar-refractivity contribution < 1.29 is 9.47 Å². The van der Waals surface area contributed by atoms with Crippen LogP contribution in [0.3, 0.4) is 0 Å². The second-order valence-corrected chi connectivity index (χ2v) is 9.77. The van der Waals surface area contributed by atoms with Crippen molar-refractivity contribution >= 4 is 23.1 Å². The van der Waals surface area contributed by atoms with Crippen LogP contribution in [0.1, 0.15) is 43.0 Å². The molecule has 4 aromatic rings. The third-order valence-electron chi connectivity index (χ3n) is 5.39. The number of hydrogen-bond donors (Lipinski definition) is 0. The number of nitrogens with zero attached hydrogens (tertiary/aromatic N) is 4. The molecule has 5 rings (SSSR count). The Morgan fingerprint density at radius 2 is 1.88 bits per heavy atom. The predicted molar refractivity (Wildman–Crippen MR) is 128 cm³/mol. The lowest BCUT2D eigenvalue weighted by Crippen LogP contribution is -2.24. The quantitative estimate of drug-likeness (QED) is 0.333. The van der Waals surface area contributed by atoms with Gasteiger partial charge in [-0.15, -0.1) is 21.5 Å². The summed E-state index contributed by atoms with van der Waals surface area (Å²) < 4.78 is 13.9. The Morgan fingerprint density at radius 1 is 1.09 bits per heavy atom. The van der Waals surface area contributed by atoms with Gasteiger partial charge in [0.05, 0.1) is 5.69 Å². The average molecular weight is 465 g/mol. The zero-order chi connectivity index (χ0) is 22.1. The number of rotatable bonds is 6. The van der Waals surface area contributed by atoms with E-state index in [4.69, 9.17) is 14.5 Å². The topological polar surface area (TPSA) is 62.1 Å². The molecule has 2 aromatic carbocycles. The Labute approximate surface area is 195 Å². The summed E-state index contributed by atoms with van der Waals surface area (Å²) >= 11 is 3.30. The number of thiazole rings is 1. The van der Waals surface area contributed by atoms with Gasteiger partial charge >= 0.3 is 0 Å². The van der Waals surface area contributed by atoms with Gasteiger partial charge in [0.1, 0.15) is 11.6 Å². The summed E-state index contributed by atoms with van der Waals surface area (Å²) in [6, 6.07) is 16.4. The highest BCUT2D eigenvalue weighted by Gasteiger charge is 2.27. The Hall–Kier alpha value is -2.84. The molecule has 0 amide bonds. The van der Waals surface area contributed by atoms with Gasteiger partial charge in [0.25, 0.3) is 0 Å². The summed E-state index contributed by atoms with van der Waals surface area (Å²) in [6.07, 6.45) is -0.281. The monoisotopic (exact) mass is 464 g/mol. The summed E-state index contributed by atoms with van der Waals surface area (Å²) in [5, 5.41) is 12.7. The van der Waals surface area contributed by atoms with Crippen LogP contribution in [-0.4, -0.2) is 26.4 Å². The summed E-state index contributed by atoms with van der Waals surface area (Å²) in [5.74, 6) is 3.52. The van der Waals surface area contributed by atoms with Gasteiger partial charge in [-0.1, -0.05) is 62.0 Å². The molecule has 0 saturated heterocycles. The third-order valence-corrected chi connectivity index (χ3v) is 7.38. The van der Waals surface area contributed by atoms with Gasteiger partial charge in [-0.05, 0) is 23.6 Å². The van der Waals surface area contributed by atoms with Crippen LogP contribution < -0.4 is 9.47 Å². The minimum atomic E-state index is -0.281. The molecule has 1 aliphatic rings. The molecule has 164 valence electrons. The van der Waals surface area contributed by atoms with E-state index in [0.717, 1.165) is 44.5 Å². The standard InChI is InChI=1S/C24H24N4O2S2/c1-15(2)16-8-10-17(11-9-16)23-25-18(13-31-23)14-32-24-27-26-22(28(24)3)21-12-29-19-6-4-5-7-20(19)30-21/h4-11,13,15,21H,12,14H2,1-3H3. The van der Waals surface area contributed by atoms with Crippen molar-refractivity contribution in [2.45, 2.75) is 36.8 Å². The number of hydrogen-bond acceptors (Lipinski definition) is 7. The molecule has 0 spiro atoms. The van der Waals surface area contributed by atoms with E-state index in [1.54, 1.807) is 23.1 Å². The van der Waals surface area contributed by atoms with Crippen LogP contribution >= 0.6 is 23.1 Å². The van der Waals surface area contributed by atoms with Gasteiger partial charge in [0, 0.05) is 23.7 Å². The zero-order valence-electron chi connectivity index (χ0n) is 18.2. The molecular formula is C24H24N4O2S2. The lowest BCUT2D eigenvalue weighted by Gasteiger charge is -2.25. The maximum atomic E-state index is 6.08. The SMILES string of the molecule is CC(C)c1ccc(-c2nc(CSc3nnc(C4COc5ccccc5O4)n3C)cs2)cc1. The van der Waals surface area contributed by atoms with E-state index in [1.165, 1.54) is 5.56 Å². The van der Waals surface area contributed by atoms with Crippen molar-refractivity contribution in [1.82, 2.24) is 19.7 Å². The van der Waals surface area contributed by atoms with E-state index in [1.807, 2.05) is 35.9 Å². The van der Waals surface area contributed by atoms with Gasteiger partial charge < -0.3 is 14.0 Å². The first-order valence-electron chi connectivity index (χ1n) is 10.5. The molecule has 1 unspecified atom stereocenters. The number of aromatic nitrogens is 4. The van der Waals surface area contributed by atoms with Crippen LogP contribution in [0.4, 0.5) is 0 Å². The molecule has 0 N–H and O–H groups in total. The van der Waals surface area contributed by atoms with Crippen molar-refractivity contribution in [2.24, 2.45) is 7.05 Å². The van der Waals surface area contributed by atoms with E-state index in [2.05, 4.69) is 53.7 Å². The van der Waals surface area contributed by atoms with Crippen LogP contribution in [0.25, 0.3) is 10.6 Å². The van der Waals surface area contributed by atoms with Crippen LogP contribution in [0, 0.1) is 0 Å². The van der Waals surface area contributed by atoms with E-state index < -0.39 is 0 Å². The molecule has 0 saturated carbocycles. The summed E-state index contributed by atoms with van der Waals surface area (Å²) in [6.45, 7) is 4.83. The van der Waals surface area contributed by atoms with E-state index in [0.29, 0.717) is 12.5 Å². The molecule has 0 fully saturated rings. The average Bonchev–Trinajstić information content (AvgIpc) is 3.44. The highest BCUT2D eigenvalue weighted by atomic mass is 32.2. The number of fused-ring (bicyclic) bond motifs is 1. The first-order valence-corrected chi connectivity index (χ1v) is 12.4. The zero-order valence-corrected chi connectivity index (χ0v) is 19.8. The van der Waals surface area contributed by atoms with Crippen molar-refractivity contribution in [3.63, 3.8) is 0 Å². The number of para-hydroxylation sites is 2. The van der Waals surface area contributed by atoms with Crippen LogP contribution in [0.2, 0.25) is 0 Å². The minimum Gasteiger partial charge on any atom is -0.485 e. The van der Waals surface area contributed by atoms with Gasteiger partial charge in [-0.2, -0.15) is 0 Å². The van der Waals surface area contributed by atoms with Crippen LogP contribution in [0.5, 0.6) is 11.5 Å². The smallest absolute Gasteiger partial charge is 0.192 e. The van der Waals surface area contributed by atoms with Gasteiger partial charge in [0.2, 0.25) is 0 Å². The fourth-order valence-corrected chi connectivity index (χ4v) is 5.28. The molecule has 0 bridgehead atoms. The largest absolute Gasteiger partial charge is 0.485 e. The summed E-state index contributed by atoms with van der Waals surface area (Å²) in [5.41, 5.74) is 3.54. The highest BCUT2D eigenvalue weighted by molar-refractivity contribution is 7.98. The fraction of sp³-hybridized carbons (Fsp3) is 0.292. The van der Waals surface area contributed by atoms with Crippen molar-refractivity contribution in [1.29, 1.82) is 0 Å². The molecule has 3 heterocycles. The molecule has 6 nitrogen and oxygen atoms in total. The van der Waals surface area contributed by atoms with Crippen LogP contribution in [-0.2, 0) is 12.8 Å². The number of thioether (sulfide) groups is 1. The molecule has 0 aliphatic carbocycles. The van der Waals surface area contributed by atoms with E-state index in [-0.39, 0.29) is 6.10 Å². The summed E-state index contributed by atoms with van der Waals surface area (Å²) in [7, 11) is 1.96. The molecule has 8 heteroatoms. The molecule has 1 atom stereocenters. The molecular weight excluding hydrogens is 440 g/mol. The second kappa shape index (κ2) is 8.96. The first-order chi connectivity index (χ1) is 15.6. The maximum Gasteiger partial charge on any atom is 0.192 e. The minimum absolute atomic E-state index is 0.281. The van der Waals surface area contributed by atoms with E-state index in [9.17, 15) is 0 Å². The normalized spacial score (nSPS) is 15.3. The van der Waals surface area contributed by atoms with Crippen molar-refractivity contribution in [3.05, 3.63) is 71.0 Å². The fourth-order valence-electron chi connectivity index (χ4n) is 3.53. The molecule has 32 heavy (non-hydrogen) atoms. The second-order valence-electron chi connectivity index (χ2n) is 7.97. The van der Waals surface area contributed by atoms with Gasteiger partial charge in [-0.3, -0.25) is 0 Å². The molecule has 0 radical (unpaired) electrons. The lowest BCUT2D eigenvalue weighted by molar-refractivity contribution is 0.0825. The van der Waals surface area contributed by atoms with Crippen LogP contribution in [0.15, 0.2) is 59.1 Å². The molecule has 2 aromatic heterocycles. The first kappa shape index (κ1) is 21.0. The highest BCUT2D eigenvalue weighted by Crippen LogP contribution is 2.36. The number of ether oxygens (including phenoxy) is 2. The lowest BCUT2D eigenvalue weighted by atomic mass is 10.0. The predicted octanol–water partition coefficient (Wildman–Crippen LogP) is 5.87. The van der Waals surface area contributed by atoms with Gasteiger partial charge in [0.15, 0.2) is 28.6 Å². The Morgan fingerprint density at radius 3 is 2.66 bits per heavy atom. The van der Waals surface area contributed by atoms with Crippen molar-refractivity contribution in [2.75, 3.05) is 6.61 Å². The third kappa shape index (κ3) is 4.25. The maximum absolute atomic E-state index is 6.08. The number of benzene rings is 2. The van der Waals surface area contributed by atoms with Crippen molar-refractivity contribution in [3.8, 4) is 22.1 Å². The van der Waals surface area contributed by atoms with Gasteiger partial charge in [-0.25, -0.2) is 4.98 Å². The Kier molecular flexibility index (Phi) is 5.89. The summed E-state index contributed by atoms with van der Waals surface area (Å²) in [4.78, 5) is 4.82. The molecule has 1 aliphatic heterocycles.